The van der Waals surface area contributed by atoms with E-state index in [1.54, 1.807) is 0 Å². The lowest BCUT2D eigenvalue weighted by atomic mass is 9.79. The first-order valence-electron chi connectivity index (χ1n) is 5.03. The highest BCUT2D eigenvalue weighted by atomic mass is 16.3. The predicted octanol–water partition coefficient (Wildman–Crippen LogP) is 2.75. The van der Waals surface area contributed by atoms with Gasteiger partial charge in [-0.2, -0.15) is 0 Å². The normalized spacial score (nSPS) is 37.4. The Kier molecular flexibility index (Phi) is 3.80. The number of hydrogen-bond acceptors (Lipinski definition) is 1. The Balaban J connectivity index is 2.38. The summed E-state index contributed by atoms with van der Waals surface area (Å²) in [5, 5.41) is 9.68. The molecule has 1 nitrogen and oxygen atoms in total. The number of aliphatic hydroxyl groups excluding tert-OH is 1. The van der Waals surface area contributed by atoms with Crippen LogP contribution in [0, 0.1) is 11.8 Å². The second-order valence-corrected chi connectivity index (χ2v) is 4.05. The molecule has 1 aliphatic rings. The summed E-state index contributed by atoms with van der Waals surface area (Å²) >= 11 is 0. The Hall–Kier alpha value is -0.300. The molecular weight excluding hydrogens is 148 g/mol. The van der Waals surface area contributed by atoms with Crippen LogP contribution in [-0.4, -0.2) is 11.2 Å². The maximum atomic E-state index is 9.68. The average molecular weight is 168 g/mol. The molecular formula is C11H20O. The lowest BCUT2D eigenvalue weighted by Gasteiger charge is -2.30. The molecule has 0 aromatic rings. The first-order valence-corrected chi connectivity index (χ1v) is 5.03. The second-order valence-electron chi connectivity index (χ2n) is 4.05. The van der Waals surface area contributed by atoms with Gasteiger partial charge in [-0.1, -0.05) is 19.1 Å². The first kappa shape index (κ1) is 9.79. The van der Waals surface area contributed by atoms with Gasteiger partial charge >= 0.3 is 0 Å². The fourth-order valence-electron chi connectivity index (χ4n) is 2.05. The summed E-state index contributed by atoms with van der Waals surface area (Å²) in [5.41, 5.74) is 0. The Bertz CT molecular complexity index is 151. The van der Waals surface area contributed by atoms with Crippen LogP contribution in [-0.2, 0) is 0 Å². The van der Waals surface area contributed by atoms with E-state index < -0.39 is 0 Å². The van der Waals surface area contributed by atoms with Crippen LogP contribution in [0.3, 0.4) is 0 Å². The maximum Gasteiger partial charge on any atom is 0.0571 e. The Morgan fingerprint density at radius 1 is 1.42 bits per heavy atom. The fraction of sp³-hybridized carbons (Fsp3) is 0.818. The summed E-state index contributed by atoms with van der Waals surface area (Å²) in [4.78, 5) is 0. The highest BCUT2D eigenvalue weighted by Crippen LogP contribution is 2.31. The van der Waals surface area contributed by atoms with E-state index >= 15 is 0 Å². The molecule has 3 atom stereocenters. The number of aliphatic hydroxyl groups is 1. The van der Waals surface area contributed by atoms with E-state index in [-0.39, 0.29) is 6.10 Å². The summed E-state index contributed by atoms with van der Waals surface area (Å²) in [6.45, 7) is 4.33. The Morgan fingerprint density at radius 3 is 2.83 bits per heavy atom. The molecule has 0 spiro atoms. The molecule has 0 amide bonds. The highest BCUT2D eigenvalue weighted by molar-refractivity contribution is 4.86. The van der Waals surface area contributed by atoms with E-state index in [1.165, 1.54) is 12.8 Å². The molecule has 3 unspecified atom stereocenters. The molecule has 0 aliphatic heterocycles. The van der Waals surface area contributed by atoms with Crippen LogP contribution in [0.5, 0.6) is 0 Å². The van der Waals surface area contributed by atoms with Crippen molar-refractivity contribution < 1.29 is 5.11 Å². The standard InChI is InChI=1S/C11H20O/c1-3-4-5-10-8-9(2)6-7-11(10)12/h3-4,9-12H,5-8H2,1-2H3/b4-3+. The molecule has 0 radical (unpaired) electrons. The van der Waals surface area contributed by atoms with Gasteiger partial charge in [-0.3, -0.25) is 0 Å². The van der Waals surface area contributed by atoms with Crippen molar-refractivity contribution in [2.45, 2.75) is 45.6 Å². The van der Waals surface area contributed by atoms with Crippen molar-refractivity contribution in [3.05, 3.63) is 12.2 Å². The average Bonchev–Trinajstić information content (AvgIpc) is 2.07. The van der Waals surface area contributed by atoms with Crippen molar-refractivity contribution in [1.29, 1.82) is 0 Å². The van der Waals surface area contributed by atoms with Gasteiger partial charge in [0.2, 0.25) is 0 Å². The van der Waals surface area contributed by atoms with E-state index in [9.17, 15) is 5.11 Å². The number of allylic oxidation sites excluding steroid dienone is 2. The molecule has 70 valence electrons. The van der Waals surface area contributed by atoms with Crippen molar-refractivity contribution in [2.24, 2.45) is 11.8 Å². The third-order valence-electron chi connectivity index (χ3n) is 2.88. The highest BCUT2D eigenvalue weighted by Gasteiger charge is 2.25. The molecule has 0 bridgehead atoms. The van der Waals surface area contributed by atoms with E-state index in [2.05, 4.69) is 19.1 Å². The summed E-state index contributed by atoms with van der Waals surface area (Å²) in [6, 6.07) is 0. The van der Waals surface area contributed by atoms with Gasteiger partial charge in [-0.05, 0) is 44.4 Å². The molecule has 12 heavy (non-hydrogen) atoms. The van der Waals surface area contributed by atoms with Crippen LogP contribution in [0.4, 0.5) is 0 Å². The van der Waals surface area contributed by atoms with E-state index in [1.807, 2.05) is 6.92 Å². The summed E-state index contributed by atoms with van der Waals surface area (Å²) in [6.07, 6.45) is 8.67. The van der Waals surface area contributed by atoms with Gasteiger partial charge in [-0.25, -0.2) is 0 Å². The topological polar surface area (TPSA) is 20.2 Å². The minimum absolute atomic E-state index is 0.0441. The van der Waals surface area contributed by atoms with Gasteiger partial charge in [0.15, 0.2) is 0 Å². The molecule has 1 heteroatoms. The lowest BCUT2D eigenvalue weighted by molar-refractivity contribution is 0.0533. The number of rotatable bonds is 2. The van der Waals surface area contributed by atoms with Crippen molar-refractivity contribution in [1.82, 2.24) is 0 Å². The summed E-state index contributed by atoms with van der Waals surface area (Å²) in [7, 11) is 0. The maximum absolute atomic E-state index is 9.68. The second kappa shape index (κ2) is 4.66. The largest absolute Gasteiger partial charge is 0.393 e. The third kappa shape index (κ3) is 2.63. The predicted molar refractivity (Wildman–Crippen MR) is 51.9 cm³/mol. The molecule has 0 aromatic heterocycles. The van der Waals surface area contributed by atoms with E-state index in [0.717, 1.165) is 18.8 Å². The van der Waals surface area contributed by atoms with Crippen molar-refractivity contribution in [3.63, 3.8) is 0 Å². The van der Waals surface area contributed by atoms with Crippen molar-refractivity contribution in [2.75, 3.05) is 0 Å². The van der Waals surface area contributed by atoms with Gasteiger partial charge in [0, 0.05) is 0 Å². The van der Waals surface area contributed by atoms with Gasteiger partial charge in [-0.15, -0.1) is 0 Å². The van der Waals surface area contributed by atoms with Crippen LogP contribution < -0.4 is 0 Å². The zero-order chi connectivity index (χ0) is 8.97. The zero-order valence-corrected chi connectivity index (χ0v) is 8.16. The van der Waals surface area contributed by atoms with Gasteiger partial charge < -0.3 is 5.11 Å². The molecule has 1 aliphatic carbocycles. The van der Waals surface area contributed by atoms with Gasteiger partial charge in [0.1, 0.15) is 0 Å². The third-order valence-corrected chi connectivity index (χ3v) is 2.88. The van der Waals surface area contributed by atoms with Crippen LogP contribution in [0.1, 0.15) is 39.5 Å². The van der Waals surface area contributed by atoms with Crippen LogP contribution in [0.2, 0.25) is 0 Å². The van der Waals surface area contributed by atoms with Crippen LogP contribution in [0.15, 0.2) is 12.2 Å². The minimum atomic E-state index is -0.0441. The summed E-state index contributed by atoms with van der Waals surface area (Å²) < 4.78 is 0. The first-order chi connectivity index (χ1) is 5.74. The molecule has 1 saturated carbocycles. The van der Waals surface area contributed by atoms with E-state index in [0.29, 0.717) is 5.92 Å². The number of hydrogen-bond donors (Lipinski definition) is 1. The smallest absolute Gasteiger partial charge is 0.0571 e. The fourth-order valence-corrected chi connectivity index (χ4v) is 2.05. The van der Waals surface area contributed by atoms with Crippen LogP contribution >= 0.6 is 0 Å². The van der Waals surface area contributed by atoms with Crippen LogP contribution in [0.25, 0.3) is 0 Å². The molecule has 1 rings (SSSR count). The van der Waals surface area contributed by atoms with Crippen molar-refractivity contribution in [3.8, 4) is 0 Å². The summed E-state index contributed by atoms with van der Waals surface area (Å²) in [5.74, 6) is 1.33. The Morgan fingerprint density at radius 2 is 2.17 bits per heavy atom. The SMILES string of the molecule is C/C=C/CC1CC(C)CCC1O. The van der Waals surface area contributed by atoms with E-state index in [4.69, 9.17) is 0 Å². The van der Waals surface area contributed by atoms with Gasteiger partial charge in [0.05, 0.1) is 6.10 Å². The lowest BCUT2D eigenvalue weighted by Crippen LogP contribution is -2.27. The zero-order valence-electron chi connectivity index (χ0n) is 8.16. The van der Waals surface area contributed by atoms with Gasteiger partial charge in [0.25, 0.3) is 0 Å². The monoisotopic (exact) mass is 168 g/mol. The minimum Gasteiger partial charge on any atom is -0.393 e. The molecule has 1 N–H and O–H groups in total. The Labute approximate surface area is 75.5 Å². The quantitative estimate of drug-likeness (QED) is 0.629. The molecule has 0 aromatic carbocycles. The molecule has 0 saturated heterocycles. The van der Waals surface area contributed by atoms with Crippen molar-refractivity contribution >= 4 is 0 Å². The molecule has 0 heterocycles. The molecule has 1 fully saturated rings.